The maximum atomic E-state index is 13.7. The molecule has 1 aromatic rings. The molecule has 18 heteroatoms. The van der Waals surface area contributed by atoms with Crippen LogP contribution in [0.4, 0.5) is 0 Å². The van der Waals surface area contributed by atoms with Crippen LogP contribution in [0, 0.1) is 0 Å². The van der Waals surface area contributed by atoms with E-state index in [-0.39, 0.29) is 82.3 Å². The molecular weight excluding hydrogens is 705 g/mol. The molecule has 0 saturated heterocycles. The van der Waals surface area contributed by atoms with Gasteiger partial charge in [-0.1, -0.05) is 52.7 Å². The monoisotopic (exact) mass is 760 g/mol. The lowest BCUT2D eigenvalue weighted by atomic mass is 10.1. The van der Waals surface area contributed by atoms with Gasteiger partial charge in [0.25, 0.3) is 0 Å². The van der Waals surface area contributed by atoms with Crippen molar-refractivity contribution >= 4 is 51.9 Å². The Hall–Kier alpha value is -2.97. The SMILES string of the molecule is COCCNCC(=O)N(CC[S+](C)[O-])CC(=O)N(CCOC)CC(=O)N(CC[S+](C)[O-])CC(=O)N(CCOC)CC(=O)NCCc1ccccc1. The van der Waals surface area contributed by atoms with Crippen molar-refractivity contribution in [2.75, 3.05) is 137 Å². The van der Waals surface area contributed by atoms with Crippen LogP contribution in [0.25, 0.3) is 0 Å². The van der Waals surface area contributed by atoms with E-state index in [4.69, 9.17) is 14.2 Å². The second-order valence-corrected chi connectivity index (χ2v) is 14.7. The van der Waals surface area contributed by atoms with Gasteiger partial charge < -0.3 is 53.5 Å². The van der Waals surface area contributed by atoms with Crippen molar-refractivity contribution in [1.29, 1.82) is 0 Å². The summed E-state index contributed by atoms with van der Waals surface area (Å²) in [5.41, 5.74) is 1.05. The molecule has 0 fully saturated rings. The Labute approximate surface area is 308 Å². The lowest BCUT2D eigenvalue weighted by molar-refractivity contribution is -0.146. The number of nitrogens with zero attached hydrogens (tertiary/aromatic N) is 4. The Bertz CT molecular complexity index is 1170. The Morgan fingerprint density at radius 1 is 0.627 bits per heavy atom. The number of benzene rings is 1. The Balaban J connectivity index is 3.07. The zero-order valence-corrected chi connectivity index (χ0v) is 32.2. The highest BCUT2D eigenvalue weighted by Crippen LogP contribution is 2.04. The lowest BCUT2D eigenvalue weighted by Crippen LogP contribution is -2.52. The maximum absolute atomic E-state index is 13.7. The second kappa shape index (κ2) is 27.7. The van der Waals surface area contributed by atoms with Gasteiger partial charge in [0.1, 0.15) is 11.5 Å². The van der Waals surface area contributed by atoms with Crippen molar-refractivity contribution in [3.63, 3.8) is 0 Å². The number of hydrogen-bond donors (Lipinski definition) is 2. The predicted octanol–water partition coefficient (Wildman–Crippen LogP) is -2.05. The molecule has 5 amide bonds. The molecule has 0 saturated carbocycles. The van der Waals surface area contributed by atoms with Gasteiger partial charge in [-0.05, 0) is 12.0 Å². The van der Waals surface area contributed by atoms with Gasteiger partial charge in [-0.2, -0.15) is 0 Å². The molecule has 1 rings (SSSR count). The van der Waals surface area contributed by atoms with Crippen LogP contribution in [0.3, 0.4) is 0 Å². The smallest absolute Gasteiger partial charge is 0.242 e. The maximum Gasteiger partial charge on any atom is 0.242 e. The third kappa shape index (κ3) is 21.2. The number of amides is 5. The van der Waals surface area contributed by atoms with Crippen LogP contribution in [-0.4, -0.2) is 195 Å². The van der Waals surface area contributed by atoms with Gasteiger partial charge >= 0.3 is 0 Å². The van der Waals surface area contributed by atoms with Crippen molar-refractivity contribution < 1.29 is 47.3 Å². The average Bonchev–Trinajstić information content (AvgIpc) is 3.10. The molecule has 0 heterocycles. The Kier molecular flexibility index (Phi) is 25.0. The number of carbonyl (C=O) groups excluding carboxylic acids is 5. The normalized spacial score (nSPS) is 12.1. The summed E-state index contributed by atoms with van der Waals surface area (Å²) in [6, 6.07) is 9.63. The van der Waals surface area contributed by atoms with E-state index in [1.807, 2.05) is 30.3 Å². The quantitative estimate of drug-likeness (QED) is 0.0705. The highest BCUT2D eigenvalue weighted by atomic mass is 32.2. The van der Waals surface area contributed by atoms with E-state index in [0.29, 0.717) is 26.1 Å². The van der Waals surface area contributed by atoms with Gasteiger partial charge in [0.15, 0.2) is 0 Å². The first kappa shape index (κ1) is 46.1. The van der Waals surface area contributed by atoms with Gasteiger partial charge in [0.2, 0.25) is 29.5 Å². The number of rotatable bonds is 28. The molecule has 0 aromatic heterocycles. The molecule has 2 N–H and O–H groups in total. The van der Waals surface area contributed by atoms with Gasteiger partial charge in [-0.25, -0.2) is 0 Å². The van der Waals surface area contributed by atoms with Crippen LogP contribution in [0.2, 0.25) is 0 Å². The highest BCUT2D eigenvalue weighted by Gasteiger charge is 2.28. The molecule has 2 unspecified atom stereocenters. The van der Waals surface area contributed by atoms with E-state index < -0.39 is 53.2 Å². The summed E-state index contributed by atoms with van der Waals surface area (Å²) < 4.78 is 39.1. The number of methoxy groups -OCH3 is 3. The van der Waals surface area contributed by atoms with Crippen LogP contribution in [0.5, 0.6) is 0 Å². The molecule has 0 spiro atoms. The molecule has 2 atom stereocenters. The zero-order chi connectivity index (χ0) is 38.0. The topological polar surface area (TPSA) is 196 Å². The average molecular weight is 761 g/mol. The van der Waals surface area contributed by atoms with E-state index in [9.17, 15) is 33.1 Å². The predicted molar refractivity (Wildman–Crippen MR) is 196 cm³/mol. The van der Waals surface area contributed by atoms with Crippen LogP contribution in [0.1, 0.15) is 5.56 Å². The fourth-order valence-corrected chi connectivity index (χ4v) is 5.49. The van der Waals surface area contributed by atoms with Crippen LogP contribution >= 0.6 is 0 Å². The van der Waals surface area contributed by atoms with Crippen molar-refractivity contribution in [3.05, 3.63) is 35.9 Å². The minimum Gasteiger partial charge on any atom is -0.617 e. The molecule has 0 bridgehead atoms. The zero-order valence-electron chi connectivity index (χ0n) is 30.6. The lowest BCUT2D eigenvalue weighted by Gasteiger charge is -2.31. The number of nitrogens with one attached hydrogen (secondary N) is 2. The van der Waals surface area contributed by atoms with E-state index in [2.05, 4.69) is 10.6 Å². The van der Waals surface area contributed by atoms with Crippen molar-refractivity contribution in [3.8, 4) is 0 Å². The number of carbonyl (C=O) groups is 5. The summed E-state index contributed by atoms with van der Waals surface area (Å²) in [5, 5.41) is 5.76. The first-order chi connectivity index (χ1) is 24.4. The van der Waals surface area contributed by atoms with Crippen molar-refractivity contribution in [2.24, 2.45) is 0 Å². The van der Waals surface area contributed by atoms with Crippen LogP contribution < -0.4 is 10.6 Å². The van der Waals surface area contributed by atoms with Crippen molar-refractivity contribution in [2.45, 2.75) is 6.42 Å². The molecule has 0 aliphatic heterocycles. The van der Waals surface area contributed by atoms with E-state index in [0.717, 1.165) is 5.56 Å². The summed E-state index contributed by atoms with van der Waals surface area (Å²) >= 11 is -2.52. The second-order valence-electron chi connectivity index (χ2n) is 11.6. The van der Waals surface area contributed by atoms with E-state index in [1.54, 1.807) is 0 Å². The summed E-state index contributed by atoms with van der Waals surface area (Å²) in [5.74, 6) is -2.20. The van der Waals surface area contributed by atoms with Gasteiger partial charge in [-0.3, -0.25) is 24.0 Å². The summed E-state index contributed by atoms with van der Waals surface area (Å²) in [6.07, 6.45) is 3.59. The third-order valence-electron chi connectivity index (χ3n) is 7.49. The number of hydrogen-bond acceptors (Lipinski definition) is 11. The fraction of sp³-hybridized carbons (Fsp3) is 0.667. The number of ether oxygens (including phenoxy) is 3. The molecule has 1 aromatic carbocycles. The molecule has 0 aliphatic carbocycles. The van der Waals surface area contributed by atoms with Gasteiger partial charge in [0, 0.05) is 47.5 Å². The minimum absolute atomic E-state index is 0.0134. The van der Waals surface area contributed by atoms with Crippen LogP contribution in [0.15, 0.2) is 30.3 Å². The van der Waals surface area contributed by atoms with Crippen molar-refractivity contribution in [1.82, 2.24) is 30.2 Å². The molecule has 51 heavy (non-hydrogen) atoms. The first-order valence-electron chi connectivity index (χ1n) is 16.6. The van der Waals surface area contributed by atoms with Crippen LogP contribution in [-0.2, 0) is 67.0 Å². The Morgan fingerprint density at radius 3 is 1.55 bits per heavy atom. The first-order valence-corrected chi connectivity index (χ1v) is 20.1. The van der Waals surface area contributed by atoms with Gasteiger partial charge in [0.05, 0.1) is 78.1 Å². The molecular formula is C33H56N6O10S2. The van der Waals surface area contributed by atoms with Gasteiger partial charge in [-0.15, -0.1) is 0 Å². The Morgan fingerprint density at radius 2 is 1.08 bits per heavy atom. The molecule has 0 radical (unpaired) electrons. The molecule has 0 aliphatic rings. The standard InChI is InChI=1S/C33H56N6O10S2/c1-47-18-13-34-23-30(41)38(16-21-50(4)45)26-32(43)37(15-20-49-3)25-33(44)39(17-22-51(5)46)27-31(42)36(14-19-48-2)24-29(40)35-12-11-28-9-7-6-8-10-28/h6-10,34H,11-27H2,1-5H3,(H,35,40). The van der Waals surface area contributed by atoms with E-state index >= 15 is 0 Å². The molecule has 290 valence electrons. The summed E-state index contributed by atoms with van der Waals surface area (Å²) in [6.45, 7) is -0.0422. The molecule has 16 nitrogen and oxygen atoms in total. The summed E-state index contributed by atoms with van der Waals surface area (Å²) in [4.78, 5) is 71.6. The summed E-state index contributed by atoms with van der Waals surface area (Å²) in [7, 11) is 4.44. The third-order valence-corrected chi connectivity index (χ3v) is 9.00. The highest BCUT2D eigenvalue weighted by molar-refractivity contribution is 7.90. The fourth-order valence-electron chi connectivity index (χ4n) is 4.54. The minimum atomic E-state index is -1.30. The largest absolute Gasteiger partial charge is 0.617 e. The van der Waals surface area contributed by atoms with E-state index in [1.165, 1.54) is 53.4 Å².